The average molecular weight is 274 g/mol. The predicted molar refractivity (Wildman–Crippen MR) is 73.5 cm³/mol. The first kappa shape index (κ1) is 13.1. The summed E-state index contributed by atoms with van der Waals surface area (Å²) in [5.41, 5.74) is 2.71. The number of aliphatic carboxylic acids is 1. The molecule has 1 aromatic rings. The SMILES string of the molecule is O=C(O)CC1C(=O)NCCN1CC1Cc2ccccc21. The molecule has 0 radical (unpaired) electrons. The van der Waals surface area contributed by atoms with Gasteiger partial charge in [-0.15, -0.1) is 0 Å². The fraction of sp³-hybridized carbons (Fsp3) is 0.467. The third kappa shape index (κ3) is 2.41. The maximum absolute atomic E-state index is 11.9. The summed E-state index contributed by atoms with van der Waals surface area (Å²) < 4.78 is 0. The first-order valence-electron chi connectivity index (χ1n) is 6.96. The molecule has 3 rings (SSSR count). The molecule has 0 bridgehead atoms. The second-order valence-corrected chi connectivity index (χ2v) is 5.50. The minimum atomic E-state index is -0.925. The molecular formula is C15H18N2O3. The van der Waals surface area contributed by atoms with Crippen LogP contribution in [0.3, 0.4) is 0 Å². The summed E-state index contributed by atoms with van der Waals surface area (Å²) in [6, 6.07) is 7.79. The van der Waals surface area contributed by atoms with Crippen LogP contribution in [-0.4, -0.2) is 47.6 Å². The number of hydrogen-bond donors (Lipinski definition) is 2. The minimum absolute atomic E-state index is 0.125. The molecule has 2 aliphatic rings. The normalized spacial score (nSPS) is 25.5. The lowest BCUT2D eigenvalue weighted by Gasteiger charge is -2.40. The van der Waals surface area contributed by atoms with Crippen molar-refractivity contribution in [3.8, 4) is 0 Å². The molecule has 2 atom stereocenters. The highest BCUT2D eigenvalue weighted by Gasteiger charge is 2.35. The molecule has 1 fully saturated rings. The number of benzene rings is 1. The first-order chi connectivity index (χ1) is 9.65. The van der Waals surface area contributed by atoms with Crippen LogP contribution in [0.4, 0.5) is 0 Å². The smallest absolute Gasteiger partial charge is 0.305 e. The van der Waals surface area contributed by atoms with Crippen LogP contribution in [0.5, 0.6) is 0 Å². The number of amides is 1. The van der Waals surface area contributed by atoms with E-state index in [4.69, 9.17) is 5.11 Å². The molecule has 5 nitrogen and oxygen atoms in total. The maximum atomic E-state index is 11.9. The third-order valence-electron chi connectivity index (χ3n) is 4.23. The highest BCUT2D eigenvalue weighted by atomic mass is 16.4. The number of carboxylic acid groups (broad SMARTS) is 1. The highest BCUT2D eigenvalue weighted by Crippen LogP contribution is 2.35. The standard InChI is InChI=1S/C15H18N2O3/c18-14(19)8-13-15(20)16-5-6-17(13)9-11-7-10-3-1-2-4-12(10)11/h1-4,11,13H,5-9H2,(H,16,20)(H,18,19). The lowest BCUT2D eigenvalue weighted by atomic mass is 9.77. The fourth-order valence-corrected chi connectivity index (χ4v) is 3.18. The highest BCUT2D eigenvalue weighted by molar-refractivity contribution is 5.86. The number of carbonyl (C=O) groups is 2. The molecule has 0 spiro atoms. The van der Waals surface area contributed by atoms with Crippen molar-refractivity contribution in [2.45, 2.75) is 24.8 Å². The van der Waals surface area contributed by atoms with Gasteiger partial charge in [-0.1, -0.05) is 24.3 Å². The van der Waals surface area contributed by atoms with E-state index in [1.165, 1.54) is 11.1 Å². The summed E-state index contributed by atoms with van der Waals surface area (Å²) in [6.07, 6.45) is 0.897. The number of hydrogen-bond acceptors (Lipinski definition) is 3. The van der Waals surface area contributed by atoms with E-state index in [1.54, 1.807) is 0 Å². The molecule has 1 heterocycles. The van der Waals surface area contributed by atoms with Gasteiger partial charge in [0.2, 0.25) is 5.91 Å². The van der Waals surface area contributed by atoms with E-state index in [2.05, 4.69) is 17.4 Å². The van der Waals surface area contributed by atoms with Gasteiger partial charge in [-0.2, -0.15) is 0 Å². The van der Waals surface area contributed by atoms with E-state index in [-0.39, 0.29) is 12.3 Å². The molecule has 20 heavy (non-hydrogen) atoms. The van der Waals surface area contributed by atoms with Gasteiger partial charge >= 0.3 is 5.97 Å². The zero-order valence-corrected chi connectivity index (χ0v) is 11.2. The van der Waals surface area contributed by atoms with Crippen LogP contribution in [0.1, 0.15) is 23.5 Å². The van der Waals surface area contributed by atoms with E-state index >= 15 is 0 Å². The van der Waals surface area contributed by atoms with Gasteiger partial charge in [0, 0.05) is 25.6 Å². The Kier molecular flexibility index (Phi) is 3.44. The number of nitrogens with one attached hydrogen (secondary N) is 1. The van der Waals surface area contributed by atoms with Gasteiger partial charge in [-0.3, -0.25) is 14.5 Å². The summed E-state index contributed by atoms with van der Waals surface area (Å²) in [5, 5.41) is 11.7. The van der Waals surface area contributed by atoms with Gasteiger partial charge in [0.1, 0.15) is 0 Å². The Bertz CT molecular complexity index is 544. The summed E-state index contributed by atoms with van der Waals surface area (Å²) >= 11 is 0. The number of carboxylic acids is 1. The molecule has 2 unspecified atom stereocenters. The maximum Gasteiger partial charge on any atom is 0.305 e. The number of piperazine rings is 1. The lowest BCUT2D eigenvalue weighted by Crippen LogP contribution is -2.57. The van der Waals surface area contributed by atoms with E-state index in [1.807, 2.05) is 17.0 Å². The van der Waals surface area contributed by atoms with Crippen molar-refractivity contribution in [3.05, 3.63) is 35.4 Å². The quantitative estimate of drug-likeness (QED) is 0.843. The Morgan fingerprint density at radius 1 is 1.40 bits per heavy atom. The zero-order chi connectivity index (χ0) is 14.1. The van der Waals surface area contributed by atoms with Crippen molar-refractivity contribution in [2.75, 3.05) is 19.6 Å². The Balaban J connectivity index is 1.69. The summed E-state index contributed by atoms with van der Waals surface area (Å²) in [4.78, 5) is 24.8. The van der Waals surface area contributed by atoms with E-state index in [0.29, 0.717) is 12.5 Å². The molecule has 5 heteroatoms. The largest absolute Gasteiger partial charge is 0.481 e. The molecule has 0 saturated carbocycles. The van der Waals surface area contributed by atoms with Crippen molar-refractivity contribution < 1.29 is 14.7 Å². The second kappa shape index (κ2) is 5.25. The van der Waals surface area contributed by atoms with E-state index in [0.717, 1.165) is 19.5 Å². The number of nitrogens with zero attached hydrogens (tertiary/aromatic N) is 1. The monoisotopic (exact) mass is 274 g/mol. The van der Waals surface area contributed by atoms with Crippen molar-refractivity contribution in [1.29, 1.82) is 0 Å². The molecule has 0 aromatic heterocycles. The predicted octanol–water partition coefficient (Wildman–Crippen LogP) is 0.601. The van der Waals surface area contributed by atoms with Crippen molar-refractivity contribution in [2.24, 2.45) is 0 Å². The van der Waals surface area contributed by atoms with Crippen LogP contribution in [0.15, 0.2) is 24.3 Å². The second-order valence-electron chi connectivity index (χ2n) is 5.50. The Morgan fingerprint density at radius 2 is 2.20 bits per heavy atom. The van der Waals surface area contributed by atoms with Crippen molar-refractivity contribution in [3.63, 3.8) is 0 Å². The van der Waals surface area contributed by atoms with E-state index in [9.17, 15) is 9.59 Å². The van der Waals surface area contributed by atoms with Gasteiger partial charge in [-0.25, -0.2) is 0 Å². The summed E-state index contributed by atoms with van der Waals surface area (Å²) in [5.74, 6) is -0.661. The molecule has 1 aromatic carbocycles. The van der Waals surface area contributed by atoms with Crippen LogP contribution in [0.25, 0.3) is 0 Å². The Morgan fingerprint density at radius 3 is 2.95 bits per heavy atom. The lowest BCUT2D eigenvalue weighted by molar-refractivity contribution is -0.143. The minimum Gasteiger partial charge on any atom is -0.481 e. The molecule has 1 amide bonds. The molecular weight excluding hydrogens is 256 g/mol. The fourth-order valence-electron chi connectivity index (χ4n) is 3.18. The van der Waals surface area contributed by atoms with Crippen LogP contribution < -0.4 is 5.32 Å². The van der Waals surface area contributed by atoms with Gasteiger partial charge in [0.25, 0.3) is 0 Å². The molecule has 2 N–H and O–H groups in total. The number of fused-ring (bicyclic) bond motifs is 1. The number of rotatable bonds is 4. The van der Waals surface area contributed by atoms with E-state index < -0.39 is 12.0 Å². The topological polar surface area (TPSA) is 69.6 Å². The zero-order valence-electron chi connectivity index (χ0n) is 11.2. The molecule has 1 aliphatic carbocycles. The average Bonchev–Trinajstić information content (AvgIpc) is 2.39. The van der Waals surface area contributed by atoms with Crippen LogP contribution in [0.2, 0.25) is 0 Å². The number of carbonyl (C=O) groups excluding carboxylic acids is 1. The van der Waals surface area contributed by atoms with Crippen LogP contribution in [-0.2, 0) is 16.0 Å². The molecule has 1 aliphatic heterocycles. The van der Waals surface area contributed by atoms with Gasteiger partial charge in [-0.05, 0) is 17.5 Å². The first-order valence-corrected chi connectivity index (χ1v) is 6.96. The van der Waals surface area contributed by atoms with Crippen molar-refractivity contribution >= 4 is 11.9 Å². The van der Waals surface area contributed by atoms with Gasteiger partial charge < -0.3 is 10.4 Å². The third-order valence-corrected chi connectivity index (χ3v) is 4.23. The Hall–Kier alpha value is -1.88. The van der Waals surface area contributed by atoms with Crippen molar-refractivity contribution in [1.82, 2.24) is 10.2 Å². The summed E-state index contributed by atoms with van der Waals surface area (Å²) in [7, 11) is 0. The Labute approximate surface area is 117 Å². The van der Waals surface area contributed by atoms with Crippen LogP contribution in [0, 0.1) is 0 Å². The molecule has 1 saturated heterocycles. The van der Waals surface area contributed by atoms with Gasteiger partial charge in [0.05, 0.1) is 12.5 Å². The van der Waals surface area contributed by atoms with Gasteiger partial charge in [0.15, 0.2) is 0 Å². The molecule has 106 valence electrons. The van der Waals surface area contributed by atoms with Crippen LogP contribution >= 0.6 is 0 Å². The summed E-state index contributed by atoms with van der Waals surface area (Å²) in [6.45, 7) is 2.09.